The Kier molecular flexibility index (Phi) is 1.77. The molecule has 0 aliphatic heterocycles. The Morgan fingerprint density at radius 3 is 3.00 bits per heavy atom. The minimum absolute atomic E-state index is 0.170. The lowest BCUT2D eigenvalue weighted by atomic mass is 9.90. The van der Waals surface area contributed by atoms with Gasteiger partial charge in [-0.3, -0.25) is 0 Å². The minimum Gasteiger partial charge on any atom is -0.392 e. The molecule has 0 bridgehead atoms. The van der Waals surface area contributed by atoms with Crippen LogP contribution in [0.4, 0.5) is 0 Å². The molecule has 0 radical (unpaired) electrons. The predicted octanol–water partition coefficient (Wildman–Crippen LogP) is 1.09. The highest BCUT2D eigenvalue weighted by Crippen LogP contribution is 2.48. The third-order valence-corrected chi connectivity index (χ3v) is 3.39. The van der Waals surface area contributed by atoms with Crippen molar-refractivity contribution in [2.45, 2.75) is 31.8 Å². The maximum Gasteiger partial charge on any atom is 0.0685 e. The fraction of sp³-hybridized carbons (Fsp3) is 0.800. The highest BCUT2D eigenvalue weighted by molar-refractivity contribution is 5.20. The Morgan fingerprint density at radius 1 is 1.67 bits per heavy atom. The van der Waals surface area contributed by atoms with Gasteiger partial charge in [-0.15, -0.1) is 0 Å². The predicted molar refractivity (Wildman–Crippen MR) is 46.6 cm³/mol. The van der Waals surface area contributed by atoms with Crippen LogP contribution in [0.2, 0.25) is 0 Å². The maximum atomic E-state index is 9.95. The Labute approximate surface area is 72.9 Å². The molecule has 68 valence electrons. The molecule has 2 N–H and O–H groups in total. The van der Waals surface area contributed by atoms with Crippen LogP contribution in [0.1, 0.15) is 26.2 Å². The van der Waals surface area contributed by atoms with Crippen molar-refractivity contribution >= 4 is 0 Å². The van der Waals surface area contributed by atoms with Crippen LogP contribution >= 0.6 is 0 Å². The molecule has 3 atom stereocenters. The first kappa shape index (κ1) is 8.27. The summed E-state index contributed by atoms with van der Waals surface area (Å²) >= 11 is 0. The van der Waals surface area contributed by atoms with E-state index in [1.165, 1.54) is 0 Å². The molecule has 2 nitrogen and oxygen atoms in total. The van der Waals surface area contributed by atoms with Gasteiger partial charge in [-0.25, -0.2) is 0 Å². The maximum absolute atomic E-state index is 9.95. The van der Waals surface area contributed by atoms with Crippen molar-refractivity contribution in [3.8, 4) is 0 Å². The van der Waals surface area contributed by atoms with Crippen LogP contribution < -0.4 is 0 Å². The fourth-order valence-corrected chi connectivity index (χ4v) is 2.65. The molecule has 0 aromatic heterocycles. The summed E-state index contributed by atoms with van der Waals surface area (Å²) in [6.45, 7) is 2.08. The second kappa shape index (κ2) is 2.57. The van der Waals surface area contributed by atoms with Crippen LogP contribution in [0.15, 0.2) is 11.6 Å². The number of aliphatic hydroxyl groups is 2. The van der Waals surface area contributed by atoms with Crippen LogP contribution in [-0.4, -0.2) is 22.4 Å². The molecule has 2 aliphatic carbocycles. The largest absolute Gasteiger partial charge is 0.392 e. The van der Waals surface area contributed by atoms with E-state index in [-0.39, 0.29) is 6.61 Å². The Hall–Kier alpha value is -0.340. The van der Waals surface area contributed by atoms with Gasteiger partial charge in [0, 0.05) is 5.92 Å². The van der Waals surface area contributed by atoms with E-state index >= 15 is 0 Å². The molecule has 0 aromatic carbocycles. The summed E-state index contributed by atoms with van der Waals surface area (Å²) in [6, 6.07) is 0. The zero-order valence-corrected chi connectivity index (χ0v) is 7.45. The lowest BCUT2D eigenvalue weighted by Crippen LogP contribution is -2.28. The van der Waals surface area contributed by atoms with Crippen molar-refractivity contribution in [3.05, 3.63) is 11.6 Å². The van der Waals surface area contributed by atoms with Crippen LogP contribution in [0.3, 0.4) is 0 Å². The topological polar surface area (TPSA) is 40.5 Å². The summed E-state index contributed by atoms with van der Waals surface area (Å²) in [5.41, 5.74) is 0.603. The van der Waals surface area contributed by atoms with Gasteiger partial charge >= 0.3 is 0 Å². The van der Waals surface area contributed by atoms with Crippen LogP contribution in [0.25, 0.3) is 0 Å². The molecular weight excluding hydrogens is 152 g/mol. The zero-order valence-electron chi connectivity index (χ0n) is 7.45. The van der Waals surface area contributed by atoms with E-state index in [1.807, 2.05) is 6.92 Å². The first-order chi connectivity index (χ1) is 5.63. The van der Waals surface area contributed by atoms with Crippen molar-refractivity contribution in [3.63, 3.8) is 0 Å². The zero-order chi connectivity index (χ0) is 8.77. The van der Waals surface area contributed by atoms with Gasteiger partial charge in [0.05, 0.1) is 12.2 Å². The van der Waals surface area contributed by atoms with Gasteiger partial charge in [-0.05, 0) is 37.7 Å². The highest BCUT2D eigenvalue weighted by atomic mass is 16.3. The standard InChI is InChI=1S/C10H16O2/c1-10(12)3-2-8-4-7(6-11)5-9(8)10/h5,8-9,11-12H,2-4,6H2,1H3/t8-,9+,10+/m1/s1. The van der Waals surface area contributed by atoms with E-state index in [0.29, 0.717) is 11.8 Å². The third-order valence-electron chi connectivity index (χ3n) is 3.39. The summed E-state index contributed by atoms with van der Waals surface area (Å²) in [7, 11) is 0. The van der Waals surface area contributed by atoms with E-state index in [1.54, 1.807) is 0 Å². The van der Waals surface area contributed by atoms with Crippen molar-refractivity contribution in [1.82, 2.24) is 0 Å². The van der Waals surface area contributed by atoms with E-state index in [4.69, 9.17) is 5.11 Å². The van der Waals surface area contributed by atoms with Gasteiger partial charge < -0.3 is 10.2 Å². The summed E-state index contributed by atoms with van der Waals surface area (Å²) in [6.07, 6.45) is 5.10. The van der Waals surface area contributed by atoms with Crippen LogP contribution in [-0.2, 0) is 0 Å². The third kappa shape index (κ3) is 1.10. The lowest BCUT2D eigenvalue weighted by molar-refractivity contribution is 0.0333. The molecular formula is C10H16O2. The normalized spacial score (nSPS) is 46.1. The van der Waals surface area contributed by atoms with Crippen molar-refractivity contribution in [1.29, 1.82) is 0 Å². The van der Waals surface area contributed by atoms with Crippen LogP contribution in [0, 0.1) is 11.8 Å². The molecule has 1 fully saturated rings. The van der Waals surface area contributed by atoms with Gasteiger partial charge in [0.1, 0.15) is 0 Å². The molecule has 1 saturated carbocycles. The summed E-state index contributed by atoms with van der Waals surface area (Å²) in [5.74, 6) is 0.904. The van der Waals surface area contributed by atoms with Crippen molar-refractivity contribution in [2.75, 3.05) is 6.61 Å². The first-order valence-corrected chi connectivity index (χ1v) is 4.66. The minimum atomic E-state index is -0.512. The molecule has 0 spiro atoms. The van der Waals surface area contributed by atoms with E-state index < -0.39 is 5.60 Å². The molecule has 2 aliphatic rings. The number of fused-ring (bicyclic) bond motifs is 1. The average molecular weight is 168 g/mol. The van der Waals surface area contributed by atoms with Gasteiger partial charge in [-0.1, -0.05) is 6.08 Å². The summed E-state index contributed by atoms with van der Waals surface area (Å²) < 4.78 is 0. The van der Waals surface area contributed by atoms with E-state index in [2.05, 4.69) is 6.08 Å². The van der Waals surface area contributed by atoms with Crippen molar-refractivity contribution < 1.29 is 10.2 Å². The van der Waals surface area contributed by atoms with E-state index in [0.717, 1.165) is 24.8 Å². The molecule has 0 unspecified atom stereocenters. The Bertz CT molecular complexity index is 218. The quantitative estimate of drug-likeness (QED) is 0.575. The summed E-state index contributed by atoms with van der Waals surface area (Å²) in [4.78, 5) is 0. The smallest absolute Gasteiger partial charge is 0.0685 e. The Balaban J connectivity index is 2.18. The van der Waals surface area contributed by atoms with Gasteiger partial charge in [0.2, 0.25) is 0 Å². The van der Waals surface area contributed by atoms with Gasteiger partial charge in [0.15, 0.2) is 0 Å². The number of hydrogen-bond acceptors (Lipinski definition) is 2. The second-order valence-electron chi connectivity index (χ2n) is 4.37. The van der Waals surface area contributed by atoms with Crippen molar-refractivity contribution in [2.24, 2.45) is 11.8 Å². The second-order valence-corrected chi connectivity index (χ2v) is 4.37. The number of hydrogen-bond donors (Lipinski definition) is 2. The SMILES string of the molecule is C[C@]1(O)CC[C@@H]2CC(CO)=C[C@@H]21. The number of aliphatic hydroxyl groups excluding tert-OH is 1. The lowest BCUT2D eigenvalue weighted by Gasteiger charge is -2.23. The Morgan fingerprint density at radius 2 is 2.42 bits per heavy atom. The van der Waals surface area contributed by atoms with Crippen LogP contribution in [0.5, 0.6) is 0 Å². The molecule has 0 amide bonds. The van der Waals surface area contributed by atoms with Gasteiger partial charge in [-0.2, -0.15) is 0 Å². The fourth-order valence-electron chi connectivity index (χ4n) is 2.65. The summed E-state index contributed by atoms with van der Waals surface area (Å²) in [5, 5.41) is 18.9. The van der Waals surface area contributed by atoms with E-state index in [9.17, 15) is 5.11 Å². The molecule has 2 heteroatoms. The molecule has 0 aromatic rings. The van der Waals surface area contributed by atoms with Gasteiger partial charge in [0.25, 0.3) is 0 Å². The molecule has 2 rings (SSSR count). The number of rotatable bonds is 1. The molecule has 0 saturated heterocycles. The molecule has 12 heavy (non-hydrogen) atoms. The monoisotopic (exact) mass is 168 g/mol. The molecule has 0 heterocycles. The highest BCUT2D eigenvalue weighted by Gasteiger charge is 2.45. The average Bonchev–Trinajstić information content (AvgIpc) is 2.53. The first-order valence-electron chi connectivity index (χ1n) is 4.66.